The maximum atomic E-state index is 12.7. The number of hydrogen-bond donors (Lipinski definition) is 0. The van der Waals surface area contributed by atoms with Gasteiger partial charge in [-0.1, -0.05) is 47.7 Å². The number of hydrogen-bond acceptors (Lipinski definition) is 7. The van der Waals surface area contributed by atoms with Gasteiger partial charge in [-0.05, 0) is 23.8 Å². The summed E-state index contributed by atoms with van der Waals surface area (Å²) in [6, 6.07) is 14.6. The maximum Gasteiger partial charge on any atom is 0.308 e. The predicted molar refractivity (Wildman–Crippen MR) is 106 cm³/mol. The molecule has 0 aliphatic carbocycles. The van der Waals surface area contributed by atoms with E-state index in [0.29, 0.717) is 26.8 Å². The fourth-order valence-electron chi connectivity index (χ4n) is 2.71. The molecular weight excluding hydrogens is 378 g/mol. The van der Waals surface area contributed by atoms with Gasteiger partial charge in [-0.3, -0.25) is 9.59 Å². The number of fused-ring (bicyclic) bond motifs is 1. The highest BCUT2D eigenvalue weighted by molar-refractivity contribution is 7.15. The van der Waals surface area contributed by atoms with Crippen LogP contribution >= 0.6 is 11.3 Å². The van der Waals surface area contributed by atoms with E-state index < -0.39 is 5.97 Å². The lowest BCUT2D eigenvalue weighted by Crippen LogP contribution is -2.23. The molecule has 7 nitrogen and oxygen atoms in total. The number of nitrogens with zero attached hydrogens (tertiary/aromatic N) is 3. The molecule has 0 saturated heterocycles. The summed E-state index contributed by atoms with van der Waals surface area (Å²) in [6.45, 7) is 1.32. The normalized spacial score (nSPS) is 11.7. The van der Waals surface area contributed by atoms with E-state index >= 15 is 0 Å². The molecule has 2 heterocycles. The zero-order chi connectivity index (χ0) is 19.7. The van der Waals surface area contributed by atoms with E-state index in [4.69, 9.17) is 9.47 Å². The van der Waals surface area contributed by atoms with Crippen LogP contribution in [0.2, 0.25) is 0 Å². The third kappa shape index (κ3) is 3.37. The molecule has 0 amide bonds. The summed E-state index contributed by atoms with van der Waals surface area (Å²) in [6.07, 6.45) is 1.73. The highest BCUT2D eigenvalue weighted by atomic mass is 32.1. The molecule has 0 aliphatic heterocycles. The molecule has 0 saturated carbocycles. The molecule has 0 spiro atoms. The van der Waals surface area contributed by atoms with Crippen molar-refractivity contribution < 1.29 is 14.3 Å². The smallest absolute Gasteiger partial charge is 0.308 e. The maximum absolute atomic E-state index is 12.7. The van der Waals surface area contributed by atoms with Crippen molar-refractivity contribution in [1.82, 2.24) is 14.6 Å². The number of esters is 1. The van der Waals surface area contributed by atoms with Gasteiger partial charge in [0.1, 0.15) is 0 Å². The number of rotatable bonds is 4. The summed E-state index contributed by atoms with van der Waals surface area (Å²) in [7, 11) is 1.49. The topological polar surface area (TPSA) is 82.8 Å². The summed E-state index contributed by atoms with van der Waals surface area (Å²) < 4.78 is 12.2. The van der Waals surface area contributed by atoms with Gasteiger partial charge in [-0.25, -0.2) is 0 Å². The minimum atomic E-state index is -0.434. The Kier molecular flexibility index (Phi) is 4.62. The van der Waals surface area contributed by atoms with Crippen molar-refractivity contribution in [3.63, 3.8) is 0 Å². The van der Waals surface area contributed by atoms with Gasteiger partial charge >= 0.3 is 5.97 Å². The summed E-state index contributed by atoms with van der Waals surface area (Å²) >= 11 is 1.26. The molecule has 0 aliphatic rings. The van der Waals surface area contributed by atoms with Gasteiger partial charge in [0, 0.05) is 12.5 Å². The van der Waals surface area contributed by atoms with Crippen LogP contribution in [-0.2, 0) is 4.79 Å². The lowest BCUT2D eigenvalue weighted by atomic mass is 10.2. The summed E-state index contributed by atoms with van der Waals surface area (Å²) in [4.78, 5) is 28.8. The number of benzene rings is 2. The van der Waals surface area contributed by atoms with Crippen molar-refractivity contribution in [2.75, 3.05) is 7.11 Å². The minimum Gasteiger partial charge on any atom is -0.493 e. The van der Waals surface area contributed by atoms with E-state index in [0.717, 1.165) is 11.1 Å². The lowest BCUT2D eigenvalue weighted by Gasteiger charge is -2.08. The number of ether oxygens (including phenoxy) is 2. The van der Waals surface area contributed by atoms with Gasteiger partial charge in [0.2, 0.25) is 4.96 Å². The third-order valence-electron chi connectivity index (χ3n) is 3.95. The molecule has 140 valence electrons. The lowest BCUT2D eigenvalue weighted by molar-refractivity contribution is -0.132. The fourth-order valence-corrected chi connectivity index (χ4v) is 3.62. The van der Waals surface area contributed by atoms with Crippen molar-refractivity contribution in [1.29, 1.82) is 0 Å². The van der Waals surface area contributed by atoms with E-state index in [9.17, 15) is 9.59 Å². The molecule has 0 N–H and O–H groups in total. The standard InChI is InChI=1S/C20H15N3O4S/c1-12(24)27-15-9-8-13(10-16(15)26-2)11-17-19(25)23-20(28-17)21-18(22-23)14-6-4-3-5-7-14/h3-11H,1-2H3/b17-11-. The number of thiazole rings is 1. The van der Waals surface area contributed by atoms with Crippen molar-refractivity contribution in [3.8, 4) is 22.9 Å². The van der Waals surface area contributed by atoms with Crippen LogP contribution in [0.25, 0.3) is 22.4 Å². The van der Waals surface area contributed by atoms with E-state index in [1.54, 1.807) is 24.3 Å². The Morgan fingerprint density at radius 3 is 2.61 bits per heavy atom. The second-order valence-electron chi connectivity index (χ2n) is 5.92. The van der Waals surface area contributed by atoms with Crippen LogP contribution in [0, 0.1) is 0 Å². The van der Waals surface area contributed by atoms with Crippen LogP contribution in [-0.4, -0.2) is 27.7 Å². The van der Waals surface area contributed by atoms with Crippen molar-refractivity contribution in [2.24, 2.45) is 0 Å². The Labute approximate surface area is 163 Å². The fraction of sp³-hybridized carbons (Fsp3) is 0.100. The van der Waals surface area contributed by atoms with Gasteiger partial charge in [0.05, 0.1) is 11.6 Å². The van der Waals surface area contributed by atoms with Gasteiger partial charge in [-0.15, -0.1) is 5.10 Å². The molecule has 2 aromatic heterocycles. The molecule has 28 heavy (non-hydrogen) atoms. The highest BCUT2D eigenvalue weighted by Gasteiger charge is 2.12. The summed E-state index contributed by atoms with van der Waals surface area (Å²) in [5, 5.41) is 4.33. The first kappa shape index (κ1) is 17.9. The first-order chi connectivity index (χ1) is 13.5. The Bertz CT molecular complexity index is 1280. The summed E-state index contributed by atoms with van der Waals surface area (Å²) in [5.41, 5.74) is 1.35. The quantitative estimate of drug-likeness (QED) is 0.391. The zero-order valence-electron chi connectivity index (χ0n) is 15.1. The third-order valence-corrected chi connectivity index (χ3v) is 4.91. The number of carbonyl (C=O) groups is 1. The Morgan fingerprint density at radius 1 is 1.14 bits per heavy atom. The molecule has 0 unspecified atom stereocenters. The Balaban J connectivity index is 1.74. The molecule has 8 heteroatoms. The van der Waals surface area contributed by atoms with Crippen molar-refractivity contribution >= 4 is 28.3 Å². The average molecular weight is 393 g/mol. The number of methoxy groups -OCH3 is 1. The Hall–Kier alpha value is -3.52. The highest BCUT2D eigenvalue weighted by Crippen LogP contribution is 2.28. The molecule has 4 rings (SSSR count). The molecule has 2 aromatic carbocycles. The predicted octanol–water partition coefficient (Wildman–Crippen LogP) is 2.30. The zero-order valence-corrected chi connectivity index (χ0v) is 15.9. The van der Waals surface area contributed by atoms with E-state index in [2.05, 4.69) is 10.1 Å². The van der Waals surface area contributed by atoms with Gasteiger partial charge in [0.15, 0.2) is 17.3 Å². The second-order valence-corrected chi connectivity index (χ2v) is 6.92. The SMILES string of the molecule is COc1cc(/C=c2\sc3nc(-c4ccccc4)nn3c2=O)ccc1OC(C)=O. The van der Waals surface area contributed by atoms with Gasteiger partial charge in [0.25, 0.3) is 5.56 Å². The second kappa shape index (κ2) is 7.24. The molecule has 0 fully saturated rings. The van der Waals surface area contributed by atoms with Crippen LogP contribution in [0.5, 0.6) is 11.5 Å². The monoisotopic (exact) mass is 393 g/mol. The first-order valence-corrected chi connectivity index (χ1v) is 9.20. The molecular formula is C20H15N3O4S. The van der Waals surface area contributed by atoms with Crippen LogP contribution in [0.3, 0.4) is 0 Å². The van der Waals surface area contributed by atoms with E-state index in [1.165, 1.54) is 29.9 Å². The summed E-state index contributed by atoms with van der Waals surface area (Å²) in [5.74, 6) is 0.812. The van der Waals surface area contributed by atoms with E-state index in [1.807, 2.05) is 30.3 Å². The van der Waals surface area contributed by atoms with Crippen LogP contribution in [0.15, 0.2) is 53.3 Å². The average Bonchev–Trinajstić information content (AvgIpc) is 3.23. The van der Waals surface area contributed by atoms with Gasteiger partial charge < -0.3 is 9.47 Å². The number of aromatic nitrogens is 3. The molecule has 0 atom stereocenters. The van der Waals surface area contributed by atoms with Gasteiger partial charge in [-0.2, -0.15) is 9.50 Å². The van der Waals surface area contributed by atoms with Crippen LogP contribution < -0.4 is 19.6 Å². The molecule has 4 aromatic rings. The number of carbonyl (C=O) groups excluding carboxylic acids is 1. The largest absolute Gasteiger partial charge is 0.493 e. The van der Waals surface area contributed by atoms with Crippen molar-refractivity contribution in [3.05, 3.63) is 69.0 Å². The van der Waals surface area contributed by atoms with Crippen LogP contribution in [0.1, 0.15) is 12.5 Å². The van der Waals surface area contributed by atoms with E-state index in [-0.39, 0.29) is 5.56 Å². The molecule has 0 radical (unpaired) electrons. The first-order valence-electron chi connectivity index (χ1n) is 8.38. The van der Waals surface area contributed by atoms with Crippen LogP contribution in [0.4, 0.5) is 0 Å². The molecule has 0 bridgehead atoms. The van der Waals surface area contributed by atoms with Crippen molar-refractivity contribution in [2.45, 2.75) is 6.92 Å². The minimum absolute atomic E-state index is 0.238. The Morgan fingerprint density at radius 2 is 1.93 bits per heavy atom.